The summed E-state index contributed by atoms with van der Waals surface area (Å²) in [6, 6.07) is 1.81. The molecule has 0 fully saturated rings. The molecule has 4 N–H and O–H groups in total. The Hall–Kier alpha value is -2.38. The normalized spacial score (nSPS) is 11.6. The van der Waals surface area contributed by atoms with Crippen molar-refractivity contribution in [2.45, 2.75) is 13.0 Å². The van der Waals surface area contributed by atoms with Gasteiger partial charge in [-0.05, 0) is 6.92 Å². The standard InChI is InChI=1S/C9H13N5O3/c1-5(9(15)11-2)12-8-4-6(14(16)17)3-7(10)13-8/h3-5H,1-2H3,(H,11,15)(H3,10,12,13). The fraction of sp³-hybridized carbons (Fsp3) is 0.333. The van der Waals surface area contributed by atoms with Crippen molar-refractivity contribution >= 4 is 23.2 Å². The molecule has 92 valence electrons. The second kappa shape index (κ2) is 5.10. The summed E-state index contributed by atoms with van der Waals surface area (Å²) in [4.78, 5) is 25.1. The molecule has 0 radical (unpaired) electrons. The number of nitrogens with zero attached hydrogens (tertiary/aromatic N) is 2. The number of amides is 1. The second-order valence-electron chi connectivity index (χ2n) is 3.37. The molecule has 8 nitrogen and oxygen atoms in total. The van der Waals surface area contributed by atoms with Crippen LogP contribution in [0.5, 0.6) is 0 Å². The molecule has 0 saturated carbocycles. The molecule has 0 spiro atoms. The van der Waals surface area contributed by atoms with Gasteiger partial charge in [-0.3, -0.25) is 14.9 Å². The lowest BCUT2D eigenvalue weighted by atomic mass is 10.3. The van der Waals surface area contributed by atoms with Crippen LogP contribution in [-0.2, 0) is 4.79 Å². The lowest BCUT2D eigenvalue weighted by Gasteiger charge is -2.12. The number of nitrogens with one attached hydrogen (secondary N) is 2. The number of nitrogen functional groups attached to an aromatic ring is 1. The van der Waals surface area contributed by atoms with Crippen LogP contribution in [-0.4, -0.2) is 28.9 Å². The van der Waals surface area contributed by atoms with Crippen LogP contribution >= 0.6 is 0 Å². The summed E-state index contributed by atoms with van der Waals surface area (Å²) >= 11 is 0. The Labute approximate surface area is 97.4 Å². The highest BCUT2D eigenvalue weighted by Crippen LogP contribution is 2.19. The Morgan fingerprint density at radius 1 is 1.59 bits per heavy atom. The summed E-state index contributed by atoms with van der Waals surface area (Å²) in [5.41, 5.74) is 5.25. The van der Waals surface area contributed by atoms with Crippen molar-refractivity contribution in [3.63, 3.8) is 0 Å². The fourth-order valence-electron chi connectivity index (χ4n) is 1.22. The maximum Gasteiger partial charge on any atom is 0.276 e. The van der Waals surface area contributed by atoms with Gasteiger partial charge in [0.1, 0.15) is 17.7 Å². The molecule has 0 aliphatic carbocycles. The zero-order chi connectivity index (χ0) is 13.0. The number of aromatic nitrogens is 1. The summed E-state index contributed by atoms with van der Waals surface area (Å²) in [7, 11) is 1.50. The van der Waals surface area contributed by atoms with E-state index in [1.165, 1.54) is 13.1 Å². The Morgan fingerprint density at radius 3 is 2.76 bits per heavy atom. The maximum atomic E-state index is 11.3. The van der Waals surface area contributed by atoms with Crippen molar-refractivity contribution < 1.29 is 9.72 Å². The molecular weight excluding hydrogens is 226 g/mol. The molecule has 8 heteroatoms. The number of nitrogens with two attached hydrogens (primary N) is 1. The third kappa shape index (κ3) is 3.30. The van der Waals surface area contributed by atoms with Crippen molar-refractivity contribution in [2.75, 3.05) is 18.1 Å². The molecule has 0 aromatic carbocycles. The molecule has 1 atom stereocenters. The second-order valence-corrected chi connectivity index (χ2v) is 3.37. The molecule has 0 aliphatic rings. The monoisotopic (exact) mass is 239 g/mol. The van der Waals surface area contributed by atoms with E-state index in [2.05, 4.69) is 15.6 Å². The smallest absolute Gasteiger partial charge is 0.276 e. The van der Waals surface area contributed by atoms with E-state index >= 15 is 0 Å². The van der Waals surface area contributed by atoms with E-state index in [0.717, 1.165) is 6.07 Å². The van der Waals surface area contributed by atoms with E-state index in [4.69, 9.17) is 5.73 Å². The first kappa shape index (κ1) is 12.7. The van der Waals surface area contributed by atoms with Crippen molar-refractivity contribution in [3.8, 4) is 0 Å². The van der Waals surface area contributed by atoms with Crippen LogP contribution in [0.4, 0.5) is 17.3 Å². The van der Waals surface area contributed by atoms with E-state index < -0.39 is 11.0 Å². The third-order valence-corrected chi connectivity index (χ3v) is 2.04. The minimum Gasteiger partial charge on any atom is -0.383 e. The summed E-state index contributed by atoms with van der Waals surface area (Å²) < 4.78 is 0. The van der Waals surface area contributed by atoms with E-state index in [0.29, 0.717) is 0 Å². The topological polar surface area (TPSA) is 123 Å². The molecule has 1 rings (SSSR count). The summed E-state index contributed by atoms with van der Waals surface area (Å²) in [5, 5.41) is 15.8. The Morgan fingerprint density at radius 2 is 2.24 bits per heavy atom. The van der Waals surface area contributed by atoms with Gasteiger partial charge in [0.2, 0.25) is 5.91 Å². The van der Waals surface area contributed by atoms with Crippen molar-refractivity contribution in [3.05, 3.63) is 22.2 Å². The minimum absolute atomic E-state index is 0.0193. The molecule has 1 unspecified atom stereocenters. The zero-order valence-corrected chi connectivity index (χ0v) is 9.43. The third-order valence-electron chi connectivity index (χ3n) is 2.04. The highest BCUT2D eigenvalue weighted by molar-refractivity contribution is 5.83. The van der Waals surface area contributed by atoms with Crippen molar-refractivity contribution in [2.24, 2.45) is 0 Å². The highest BCUT2D eigenvalue weighted by Gasteiger charge is 2.14. The predicted octanol–water partition coefficient (Wildman–Crippen LogP) is 0.118. The number of carbonyl (C=O) groups is 1. The van der Waals surface area contributed by atoms with Gasteiger partial charge < -0.3 is 16.4 Å². The Balaban J connectivity index is 2.91. The minimum atomic E-state index is -0.576. The first-order valence-electron chi connectivity index (χ1n) is 4.84. The number of likely N-dealkylation sites (N-methyl/N-ethyl adjacent to an activating group) is 1. The van der Waals surface area contributed by atoms with Gasteiger partial charge in [0.15, 0.2) is 0 Å². The van der Waals surface area contributed by atoms with Crippen LogP contribution in [0, 0.1) is 10.1 Å². The average molecular weight is 239 g/mol. The van der Waals surface area contributed by atoms with Gasteiger partial charge in [-0.25, -0.2) is 4.98 Å². The molecule has 17 heavy (non-hydrogen) atoms. The van der Waals surface area contributed by atoms with E-state index in [1.54, 1.807) is 6.92 Å². The first-order chi connectivity index (χ1) is 7.93. The largest absolute Gasteiger partial charge is 0.383 e. The first-order valence-corrected chi connectivity index (χ1v) is 4.84. The van der Waals surface area contributed by atoms with Gasteiger partial charge in [0.25, 0.3) is 5.69 Å². The predicted molar refractivity (Wildman–Crippen MR) is 62.5 cm³/mol. The fourth-order valence-corrected chi connectivity index (χ4v) is 1.22. The van der Waals surface area contributed by atoms with E-state index in [-0.39, 0.29) is 23.2 Å². The van der Waals surface area contributed by atoms with Crippen LogP contribution in [0.15, 0.2) is 12.1 Å². The van der Waals surface area contributed by atoms with Crippen LogP contribution < -0.4 is 16.4 Å². The van der Waals surface area contributed by atoms with Gasteiger partial charge >= 0.3 is 0 Å². The maximum absolute atomic E-state index is 11.3. The summed E-state index contributed by atoms with van der Waals surface area (Å²) in [6.07, 6.45) is 0. The number of anilines is 2. The molecule has 0 saturated heterocycles. The highest BCUT2D eigenvalue weighted by atomic mass is 16.6. The van der Waals surface area contributed by atoms with Crippen LogP contribution in [0.25, 0.3) is 0 Å². The van der Waals surface area contributed by atoms with Crippen molar-refractivity contribution in [1.82, 2.24) is 10.3 Å². The van der Waals surface area contributed by atoms with Crippen LogP contribution in [0.1, 0.15) is 6.92 Å². The van der Waals surface area contributed by atoms with Crippen LogP contribution in [0.3, 0.4) is 0 Å². The number of pyridine rings is 1. The summed E-state index contributed by atoms with van der Waals surface area (Å²) in [5.74, 6) is -0.0458. The van der Waals surface area contributed by atoms with Gasteiger partial charge in [-0.2, -0.15) is 0 Å². The number of carbonyl (C=O) groups excluding carboxylic acids is 1. The molecule has 1 heterocycles. The molecule has 1 amide bonds. The lowest BCUT2D eigenvalue weighted by Crippen LogP contribution is -2.35. The van der Waals surface area contributed by atoms with Gasteiger partial charge in [-0.1, -0.05) is 0 Å². The van der Waals surface area contributed by atoms with E-state index in [1.807, 2.05) is 0 Å². The van der Waals surface area contributed by atoms with Crippen molar-refractivity contribution in [1.29, 1.82) is 0 Å². The quantitative estimate of drug-likeness (QED) is 0.506. The zero-order valence-electron chi connectivity index (χ0n) is 9.43. The number of nitro groups is 1. The van der Waals surface area contributed by atoms with Gasteiger partial charge in [-0.15, -0.1) is 0 Å². The molecule has 1 aromatic rings. The molecule has 0 bridgehead atoms. The molecular formula is C9H13N5O3. The number of rotatable bonds is 4. The van der Waals surface area contributed by atoms with E-state index in [9.17, 15) is 14.9 Å². The number of hydrogen-bond donors (Lipinski definition) is 3. The lowest BCUT2D eigenvalue weighted by molar-refractivity contribution is -0.384. The Bertz CT molecular complexity index is 448. The molecule has 1 aromatic heterocycles. The Kier molecular flexibility index (Phi) is 3.81. The SMILES string of the molecule is CNC(=O)C(C)Nc1cc([N+](=O)[O-])cc(N)n1. The molecule has 0 aliphatic heterocycles. The van der Waals surface area contributed by atoms with Gasteiger partial charge in [0, 0.05) is 7.05 Å². The summed E-state index contributed by atoms with van der Waals surface area (Å²) in [6.45, 7) is 1.61. The number of hydrogen-bond acceptors (Lipinski definition) is 6. The average Bonchev–Trinajstić information content (AvgIpc) is 2.26. The van der Waals surface area contributed by atoms with Gasteiger partial charge in [0.05, 0.1) is 17.1 Å². The van der Waals surface area contributed by atoms with Crippen LogP contribution in [0.2, 0.25) is 0 Å².